The summed E-state index contributed by atoms with van der Waals surface area (Å²) in [5, 5.41) is 9.46. The summed E-state index contributed by atoms with van der Waals surface area (Å²) in [5.74, 6) is -1.95. The minimum Gasteiger partial charge on any atom is -0.481 e. The van der Waals surface area contributed by atoms with Gasteiger partial charge in [0, 0.05) is 6.42 Å². The maximum Gasteiger partial charge on any atom is 0.313 e. The average Bonchev–Trinajstić information content (AvgIpc) is 2.93. The van der Waals surface area contributed by atoms with E-state index in [1.165, 1.54) is 28.0 Å². The lowest BCUT2D eigenvalue weighted by atomic mass is 9.94. The second-order valence-corrected chi connectivity index (χ2v) is 7.00. The number of benzene rings is 1. The Morgan fingerprint density at radius 2 is 1.87 bits per heavy atom. The van der Waals surface area contributed by atoms with Crippen molar-refractivity contribution in [2.45, 2.75) is 52.4 Å². The van der Waals surface area contributed by atoms with E-state index in [4.69, 9.17) is 0 Å². The van der Waals surface area contributed by atoms with E-state index < -0.39 is 17.0 Å². The minimum atomic E-state index is -1.03. The molecule has 1 aromatic carbocycles. The summed E-state index contributed by atoms with van der Waals surface area (Å²) >= 11 is 5.10. The van der Waals surface area contributed by atoms with E-state index in [9.17, 15) is 14.7 Å². The van der Waals surface area contributed by atoms with Crippen LogP contribution in [-0.4, -0.2) is 21.2 Å². The topological polar surface area (TPSA) is 67.3 Å². The van der Waals surface area contributed by atoms with Crippen LogP contribution >= 0.6 is 24.0 Å². The molecule has 0 fully saturated rings. The summed E-state index contributed by atoms with van der Waals surface area (Å²) in [6, 6.07) is 2.12. The highest BCUT2D eigenvalue weighted by Gasteiger charge is 2.26. The fraction of sp³-hybridized carbons (Fsp3) is 0.471. The van der Waals surface area contributed by atoms with Crippen molar-refractivity contribution in [1.82, 2.24) is 4.98 Å². The van der Waals surface area contributed by atoms with Crippen molar-refractivity contribution in [3.8, 4) is 0 Å². The molecule has 0 amide bonds. The number of nitrogens with zero attached hydrogens (tertiary/aromatic N) is 1. The number of thiol groups is 1. The molecule has 0 saturated heterocycles. The predicted molar refractivity (Wildman–Crippen MR) is 96.7 cm³/mol. The maximum atomic E-state index is 11.5. The van der Waals surface area contributed by atoms with E-state index >= 15 is 0 Å². The standard InChI is InChI=1S/C17H21NO3S2/c1-4-9-7-13-15(11(6-3)10(9)5-2)18-16(23-13)12(17(20)21)8-14(19)22/h7,12H,4-6,8H2,1-3H3,(H,19,22)(H,20,21). The zero-order valence-corrected chi connectivity index (χ0v) is 15.3. The third-order valence-corrected chi connectivity index (χ3v) is 5.37. The van der Waals surface area contributed by atoms with Crippen molar-refractivity contribution < 1.29 is 14.7 Å². The lowest BCUT2D eigenvalue weighted by molar-refractivity contribution is -0.139. The first-order valence-corrected chi connectivity index (χ1v) is 9.07. The molecular formula is C17H21NO3S2. The second-order valence-electron chi connectivity index (χ2n) is 5.44. The molecule has 2 aromatic rings. The SMILES string of the molecule is CCc1cc2sc(C(CC(=O)S)C(=O)O)nc2c(CC)c1CC. The molecule has 0 aliphatic carbocycles. The first kappa shape index (κ1) is 17.9. The van der Waals surface area contributed by atoms with Crippen LogP contribution in [0.1, 0.15) is 54.8 Å². The lowest BCUT2D eigenvalue weighted by Gasteiger charge is -2.12. The average molecular weight is 351 g/mol. The Morgan fingerprint density at radius 3 is 2.35 bits per heavy atom. The van der Waals surface area contributed by atoms with Gasteiger partial charge in [-0.25, -0.2) is 4.98 Å². The van der Waals surface area contributed by atoms with Crippen LogP contribution in [0, 0.1) is 0 Å². The lowest BCUT2D eigenvalue weighted by Crippen LogP contribution is -2.13. The molecule has 0 bridgehead atoms. The zero-order chi connectivity index (χ0) is 17.1. The molecule has 1 unspecified atom stereocenters. The smallest absolute Gasteiger partial charge is 0.313 e. The number of rotatable bonds is 7. The molecule has 1 N–H and O–H groups in total. The Hall–Kier alpha value is -1.40. The summed E-state index contributed by atoms with van der Waals surface area (Å²) in [6.45, 7) is 6.35. The van der Waals surface area contributed by atoms with Crippen LogP contribution in [0.15, 0.2) is 6.07 Å². The third-order valence-electron chi connectivity index (χ3n) is 4.08. The molecule has 1 atom stereocenters. The summed E-state index contributed by atoms with van der Waals surface area (Å²) in [4.78, 5) is 27.3. The van der Waals surface area contributed by atoms with Gasteiger partial charge in [-0.1, -0.05) is 20.8 Å². The molecule has 23 heavy (non-hydrogen) atoms. The summed E-state index contributed by atoms with van der Waals surface area (Å²) in [7, 11) is 0. The number of thiazole rings is 1. The fourth-order valence-corrected chi connectivity index (χ4v) is 4.32. The molecule has 0 saturated carbocycles. The Morgan fingerprint density at radius 1 is 1.22 bits per heavy atom. The van der Waals surface area contributed by atoms with Crippen LogP contribution in [0.5, 0.6) is 0 Å². The number of carbonyl (C=O) groups excluding carboxylic acids is 1. The highest BCUT2D eigenvalue weighted by atomic mass is 32.1. The van der Waals surface area contributed by atoms with Gasteiger partial charge in [0.05, 0.1) is 10.2 Å². The first-order valence-electron chi connectivity index (χ1n) is 7.81. The van der Waals surface area contributed by atoms with Gasteiger partial charge in [0.15, 0.2) is 5.12 Å². The highest BCUT2D eigenvalue weighted by Crippen LogP contribution is 2.35. The van der Waals surface area contributed by atoms with E-state index in [1.54, 1.807) is 0 Å². The second kappa shape index (κ2) is 7.45. The molecule has 0 radical (unpaired) electrons. The predicted octanol–water partition coefficient (Wildman–Crippen LogP) is 4.00. The number of carbonyl (C=O) groups is 2. The maximum absolute atomic E-state index is 11.5. The van der Waals surface area contributed by atoms with E-state index in [0.29, 0.717) is 5.01 Å². The quantitative estimate of drug-likeness (QED) is 0.740. The number of aromatic nitrogens is 1. The number of fused-ring (bicyclic) bond motifs is 1. The van der Waals surface area contributed by atoms with Crippen molar-refractivity contribution in [3.05, 3.63) is 27.8 Å². The van der Waals surface area contributed by atoms with Gasteiger partial charge in [-0.2, -0.15) is 0 Å². The number of aliphatic carboxylic acids is 1. The molecular weight excluding hydrogens is 330 g/mol. The van der Waals surface area contributed by atoms with Crippen LogP contribution in [-0.2, 0) is 28.9 Å². The largest absolute Gasteiger partial charge is 0.481 e. The zero-order valence-electron chi connectivity index (χ0n) is 13.5. The van der Waals surface area contributed by atoms with E-state index in [1.807, 2.05) is 0 Å². The Labute approximate surface area is 145 Å². The summed E-state index contributed by atoms with van der Waals surface area (Å²) in [5.41, 5.74) is 4.70. The van der Waals surface area contributed by atoms with Gasteiger partial charge in [-0.15, -0.1) is 24.0 Å². The number of carboxylic acid groups (broad SMARTS) is 1. The number of hydrogen-bond donors (Lipinski definition) is 2. The number of carboxylic acids is 1. The summed E-state index contributed by atoms with van der Waals surface area (Å²) < 4.78 is 1.00. The van der Waals surface area contributed by atoms with Crippen LogP contribution in [0.4, 0.5) is 0 Å². The molecule has 6 heteroatoms. The molecule has 0 aliphatic heterocycles. The van der Waals surface area contributed by atoms with Crippen molar-refractivity contribution in [1.29, 1.82) is 0 Å². The van der Waals surface area contributed by atoms with Gasteiger partial charge in [-0.05, 0) is 42.0 Å². The van der Waals surface area contributed by atoms with Crippen molar-refractivity contribution in [2.75, 3.05) is 0 Å². The number of hydrogen-bond acceptors (Lipinski definition) is 4. The van der Waals surface area contributed by atoms with Crippen LogP contribution in [0.25, 0.3) is 10.2 Å². The van der Waals surface area contributed by atoms with Gasteiger partial charge >= 0.3 is 5.97 Å². The Balaban J connectivity index is 2.65. The normalized spacial score (nSPS) is 12.5. The van der Waals surface area contributed by atoms with Gasteiger partial charge in [0.2, 0.25) is 0 Å². The van der Waals surface area contributed by atoms with Crippen molar-refractivity contribution in [2.24, 2.45) is 0 Å². The molecule has 0 spiro atoms. The van der Waals surface area contributed by atoms with Crippen LogP contribution in [0.2, 0.25) is 0 Å². The van der Waals surface area contributed by atoms with E-state index in [0.717, 1.165) is 29.5 Å². The number of aryl methyl sites for hydroxylation is 2. The van der Waals surface area contributed by atoms with Crippen molar-refractivity contribution in [3.63, 3.8) is 0 Å². The monoisotopic (exact) mass is 351 g/mol. The molecule has 1 aromatic heterocycles. The Bertz CT molecular complexity index is 752. The first-order chi connectivity index (χ1) is 10.9. The van der Waals surface area contributed by atoms with Gasteiger partial charge in [0.1, 0.15) is 10.9 Å². The Kier molecular flexibility index (Phi) is 5.81. The van der Waals surface area contributed by atoms with Gasteiger partial charge in [-0.3, -0.25) is 9.59 Å². The third kappa shape index (κ3) is 3.58. The minimum absolute atomic E-state index is 0.138. The molecule has 1 heterocycles. The van der Waals surface area contributed by atoms with Crippen LogP contribution < -0.4 is 0 Å². The van der Waals surface area contributed by atoms with Crippen LogP contribution in [0.3, 0.4) is 0 Å². The highest BCUT2D eigenvalue weighted by molar-refractivity contribution is 7.96. The molecule has 2 rings (SSSR count). The summed E-state index contributed by atoms with van der Waals surface area (Å²) in [6.07, 6.45) is 2.60. The van der Waals surface area contributed by atoms with Crippen molar-refractivity contribution >= 4 is 45.3 Å². The molecule has 4 nitrogen and oxygen atoms in total. The van der Waals surface area contributed by atoms with E-state index in [-0.39, 0.29) is 6.42 Å². The van der Waals surface area contributed by atoms with Gasteiger partial charge in [0.25, 0.3) is 0 Å². The van der Waals surface area contributed by atoms with Gasteiger partial charge < -0.3 is 5.11 Å². The fourth-order valence-electron chi connectivity index (χ4n) is 2.99. The van der Waals surface area contributed by atoms with E-state index in [2.05, 4.69) is 44.5 Å². The molecule has 124 valence electrons. The molecule has 0 aliphatic rings.